The fraction of sp³-hybridized carbons (Fsp3) is 0.217. The van der Waals surface area contributed by atoms with Crippen molar-refractivity contribution in [2.45, 2.75) is 32.9 Å². The molecule has 0 aliphatic rings. The van der Waals surface area contributed by atoms with Gasteiger partial charge in [0.25, 0.3) is 5.56 Å². The van der Waals surface area contributed by atoms with E-state index in [1.807, 2.05) is 30.3 Å². The van der Waals surface area contributed by atoms with Gasteiger partial charge in [-0.3, -0.25) is 10.1 Å². The molecule has 0 fully saturated rings. The van der Waals surface area contributed by atoms with Crippen molar-refractivity contribution < 1.29 is 9.53 Å². The van der Waals surface area contributed by atoms with Crippen LogP contribution in [0.2, 0.25) is 0 Å². The van der Waals surface area contributed by atoms with Crippen LogP contribution in [0.25, 0.3) is 22.6 Å². The molecular weight excluding hydrogens is 394 g/mol. The summed E-state index contributed by atoms with van der Waals surface area (Å²) >= 11 is 0. The molecule has 0 atom stereocenters. The molecule has 1 amide bonds. The van der Waals surface area contributed by atoms with Gasteiger partial charge in [0.15, 0.2) is 11.2 Å². The second-order valence-electron chi connectivity index (χ2n) is 8.15. The molecule has 2 aromatic carbocycles. The van der Waals surface area contributed by atoms with E-state index in [1.54, 1.807) is 55.9 Å². The topological polar surface area (TPSA) is 102 Å². The second kappa shape index (κ2) is 8.06. The Hall–Kier alpha value is -3.94. The lowest BCUT2D eigenvalue weighted by atomic mass is 10.2. The van der Waals surface area contributed by atoms with E-state index < -0.39 is 11.7 Å². The van der Waals surface area contributed by atoms with Crippen LogP contribution < -0.4 is 10.9 Å². The number of rotatable bonds is 4. The minimum atomic E-state index is -0.599. The third kappa shape index (κ3) is 4.80. The monoisotopic (exact) mass is 417 g/mol. The van der Waals surface area contributed by atoms with E-state index in [9.17, 15) is 9.59 Å². The number of aromatic nitrogens is 4. The van der Waals surface area contributed by atoms with Crippen molar-refractivity contribution in [3.05, 3.63) is 76.8 Å². The number of carbonyl (C=O) groups excluding carboxylic acids is 1. The highest BCUT2D eigenvalue weighted by molar-refractivity contribution is 5.86. The Morgan fingerprint density at radius 3 is 2.65 bits per heavy atom. The average Bonchev–Trinajstić information content (AvgIpc) is 3.10. The van der Waals surface area contributed by atoms with Crippen LogP contribution >= 0.6 is 0 Å². The molecule has 4 aromatic rings. The Labute approximate surface area is 178 Å². The fourth-order valence-electron chi connectivity index (χ4n) is 3.19. The summed E-state index contributed by atoms with van der Waals surface area (Å²) in [7, 11) is 0. The highest BCUT2D eigenvalue weighted by Crippen LogP contribution is 2.21. The van der Waals surface area contributed by atoms with Gasteiger partial charge in [0.05, 0.1) is 6.33 Å². The third-order valence-electron chi connectivity index (χ3n) is 4.46. The number of aromatic amines is 1. The summed E-state index contributed by atoms with van der Waals surface area (Å²) in [4.78, 5) is 36.5. The lowest BCUT2D eigenvalue weighted by Gasteiger charge is -2.19. The van der Waals surface area contributed by atoms with Crippen LogP contribution in [0.3, 0.4) is 0 Å². The van der Waals surface area contributed by atoms with E-state index >= 15 is 0 Å². The minimum absolute atomic E-state index is 0.279. The molecule has 31 heavy (non-hydrogen) atoms. The van der Waals surface area contributed by atoms with E-state index in [0.29, 0.717) is 34.8 Å². The van der Waals surface area contributed by atoms with Crippen LogP contribution in [-0.4, -0.2) is 31.2 Å². The summed E-state index contributed by atoms with van der Waals surface area (Å²) in [6.07, 6.45) is 1.06. The largest absolute Gasteiger partial charge is 0.444 e. The van der Waals surface area contributed by atoms with E-state index in [1.165, 1.54) is 0 Å². The first-order chi connectivity index (χ1) is 14.8. The molecule has 2 heterocycles. The Balaban J connectivity index is 1.62. The Morgan fingerprint density at radius 1 is 1.13 bits per heavy atom. The molecule has 4 rings (SSSR count). The van der Waals surface area contributed by atoms with Crippen LogP contribution in [0.5, 0.6) is 0 Å². The first-order valence-electron chi connectivity index (χ1n) is 9.88. The predicted octanol–water partition coefficient (Wildman–Crippen LogP) is 4.18. The molecule has 2 aromatic heterocycles. The van der Waals surface area contributed by atoms with Gasteiger partial charge in [-0.15, -0.1) is 0 Å². The number of amides is 1. The zero-order valence-corrected chi connectivity index (χ0v) is 17.5. The zero-order valence-electron chi connectivity index (χ0n) is 17.5. The maximum Gasteiger partial charge on any atom is 0.412 e. The van der Waals surface area contributed by atoms with Crippen LogP contribution in [0.1, 0.15) is 26.3 Å². The molecule has 0 spiro atoms. The van der Waals surface area contributed by atoms with Gasteiger partial charge in [-0.1, -0.05) is 42.5 Å². The van der Waals surface area contributed by atoms with E-state index in [-0.39, 0.29) is 5.56 Å². The molecule has 0 unspecified atom stereocenters. The number of ether oxygens (including phenoxy) is 1. The number of fused-ring (bicyclic) bond motifs is 1. The molecule has 0 aliphatic carbocycles. The van der Waals surface area contributed by atoms with Crippen molar-refractivity contribution in [1.29, 1.82) is 0 Å². The maximum absolute atomic E-state index is 12.8. The number of H-pyrrole nitrogens is 1. The number of carbonyl (C=O) groups is 1. The number of imidazole rings is 1. The molecule has 2 N–H and O–H groups in total. The summed E-state index contributed by atoms with van der Waals surface area (Å²) in [5, 5.41) is 2.69. The van der Waals surface area contributed by atoms with Crippen LogP contribution in [0.4, 0.5) is 10.5 Å². The van der Waals surface area contributed by atoms with Crippen molar-refractivity contribution >= 4 is 22.9 Å². The van der Waals surface area contributed by atoms with Gasteiger partial charge >= 0.3 is 6.09 Å². The van der Waals surface area contributed by atoms with E-state index in [4.69, 9.17) is 4.74 Å². The molecular formula is C23H23N5O3. The molecule has 0 saturated heterocycles. The van der Waals surface area contributed by atoms with Gasteiger partial charge in [-0.05, 0) is 38.5 Å². The zero-order chi connectivity index (χ0) is 22.0. The molecule has 0 saturated carbocycles. The number of nitrogens with zero attached hydrogens (tertiary/aromatic N) is 3. The van der Waals surface area contributed by atoms with Crippen LogP contribution in [0.15, 0.2) is 65.7 Å². The van der Waals surface area contributed by atoms with Gasteiger partial charge in [0, 0.05) is 17.8 Å². The normalized spacial score (nSPS) is 11.5. The second-order valence-corrected chi connectivity index (χ2v) is 8.15. The van der Waals surface area contributed by atoms with Gasteiger partial charge in [-0.2, -0.15) is 0 Å². The van der Waals surface area contributed by atoms with Crippen molar-refractivity contribution in [3.63, 3.8) is 0 Å². The Kier molecular flexibility index (Phi) is 5.29. The van der Waals surface area contributed by atoms with Gasteiger partial charge in [0.1, 0.15) is 11.4 Å². The van der Waals surface area contributed by atoms with Gasteiger partial charge in [-0.25, -0.2) is 14.8 Å². The molecule has 8 nitrogen and oxygen atoms in total. The standard InChI is InChI=1S/C23H23N5O3/c1-23(2,3)31-22(30)25-17-11-7-10-16(12-17)19-26-20-18(21(29)27-19)28(14-24-20)13-15-8-5-4-6-9-15/h4-12,14H,13H2,1-3H3,(H,25,30)(H,26,27,29). The third-order valence-corrected chi connectivity index (χ3v) is 4.46. The average molecular weight is 417 g/mol. The number of nitrogens with one attached hydrogen (secondary N) is 2. The molecule has 0 aliphatic heterocycles. The predicted molar refractivity (Wildman–Crippen MR) is 119 cm³/mol. The summed E-state index contributed by atoms with van der Waals surface area (Å²) in [6.45, 7) is 5.91. The number of anilines is 1. The highest BCUT2D eigenvalue weighted by atomic mass is 16.6. The lowest BCUT2D eigenvalue weighted by molar-refractivity contribution is 0.0636. The fourth-order valence-corrected chi connectivity index (χ4v) is 3.19. The van der Waals surface area contributed by atoms with E-state index in [2.05, 4.69) is 20.3 Å². The first-order valence-corrected chi connectivity index (χ1v) is 9.88. The summed E-state index contributed by atoms with van der Waals surface area (Å²) in [5.74, 6) is 0.371. The maximum atomic E-state index is 12.8. The summed E-state index contributed by atoms with van der Waals surface area (Å²) in [6, 6.07) is 16.8. The van der Waals surface area contributed by atoms with E-state index in [0.717, 1.165) is 5.56 Å². The summed E-state index contributed by atoms with van der Waals surface area (Å²) < 4.78 is 7.06. The minimum Gasteiger partial charge on any atom is -0.444 e. The summed E-state index contributed by atoms with van der Waals surface area (Å²) in [5.41, 5.74) is 2.13. The van der Waals surface area contributed by atoms with Gasteiger partial charge in [0.2, 0.25) is 0 Å². The molecule has 8 heteroatoms. The molecule has 0 radical (unpaired) electrons. The quantitative estimate of drug-likeness (QED) is 0.519. The SMILES string of the molecule is CC(C)(C)OC(=O)Nc1cccc(-c2nc3ncn(Cc4ccccc4)c3c(=O)[nH]2)c1. The lowest BCUT2D eigenvalue weighted by Crippen LogP contribution is -2.27. The highest BCUT2D eigenvalue weighted by Gasteiger charge is 2.17. The number of benzene rings is 2. The molecule has 158 valence electrons. The Morgan fingerprint density at radius 2 is 1.90 bits per heavy atom. The number of hydrogen-bond acceptors (Lipinski definition) is 5. The first kappa shape index (κ1) is 20.3. The van der Waals surface area contributed by atoms with Crippen molar-refractivity contribution in [2.75, 3.05) is 5.32 Å². The smallest absolute Gasteiger partial charge is 0.412 e. The van der Waals surface area contributed by atoms with Crippen molar-refractivity contribution in [1.82, 2.24) is 19.5 Å². The van der Waals surface area contributed by atoms with Crippen LogP contribution in [-0.2, 0) is 11.3 Å². The number of hydrogen-bond donors (Lipinski definition) is 2. The molecule has 0 bridgehead atoms. The van der Waals surface area contributed by atoms with Gasteiger partial charge < -0.3 is 14.3 Å². The Bertz CT molecular complexity index is 1290. The van der Waals surface area contributed by atoms with Crippen molar-refractivity contribution in [2.24, 2.45) is 0 Å². The van der Waals surface area contributed by atoms with Crippen molar-refractivity contribution in [3.8, 4) is 11.4 Å². The van der Waals surface area contributed by atoms with Crippen LogP contribution in [0, 0.1) is 0 Å².